The van der Waals surface area contributed by atoms with E-state index in [1.807, 2.05) is 66.9 Å². The zero-order valence-corrected chi connectivity index (χ0v) is 14.1. The molecule has 4 aromatic rings. The van der Waals surface area contributed by atoms with Crippen molar-refractivity contribution < 1.29 is 4.79 Å². The van der Waals surface area contributed by atoms with Gasteiger partial charge in [0.2, 0.25) is 0 Å². The lowest BCUT2D eigenvalue weighted by molar-refractivity contribution is -0.119. The van der Waals surface area contributed by atoms with Crippen molar-refractivity contribution in [1.82, 2.24) is 10.4 Å². The first-order valence-electron chi connectivity index (χ1n) is 8.40. The number of hydrogen-bond acceptors (Lipinski definition) is 3. The molecule has 0 bridgehead atoms. The second-order valence-corrected chi connectivity index (χ2v) is 6.00. The van der Waals surface area contributed by atoms with Crippen LogP contribution in [0.3, 0.4) is 0 Å². The third kappa shape index (κ3) is 3.42. The molecule has 3 aromatic carbocycles. The van der Waals surface area contributed by atoms with E-state index >= 15 is 0 Å². The van der Waals surface area contributed by atoms with Crippen LogP contribution in [0.1, 0.15) is 5.56 Å². The molecule has 128 valence electrons. The third-order valence-corrected chi connectivity index (χ3v) is 4.22. The predicted molar refractivity (Wildman–Crippen MR) is 106 cm³/mol. The Bertz CT molecular complexity index is 1100. The first-order valence-corrected chi connectivity index (χ1v) is 8.40. The number of para-hydroxylation sites is 1. The van der Waals surface area contributed by atoms with E-state index in [1.54, 1.807) is 6.21 Å². The van der Waals surface area contributed by atoms with E-state index in [0.717, 1.165) is 27.5 Å². The summed E-state index contributed by atoms with van der Waals surface area (Å²) in [6, 6.07) is 22.1. The van der Waals surface area contributed by atoms with Gasteiger partial charge in [0, 0.05) is 28.4 Å². The molecule has 1 aromatic heterocycles. The normalized spacial score (nSPS) is 11.2. The van der Waals surface area contributed by atoms with Crippen molar-refractivity contribution in [2.45, 2.75) is 0 Å². The summed E-state index contributed by atoms with van der Waals surface area (Å²) in [5.41, 5.74) is 5.42. The fraction of sp³-hybridized carbons (Fsp3) is 0.0476. The Morgan fingerprint density at radius 3 is 2.73 bits per heavy atom. The number of hydrazone groups is 1. The maximum atomic E-state index is 12.0. The molecule has 0 unspecified atom stereocenters. The molecule has 0 radical (unpaired) electrons. The first kappa shape index (κ1) is 15.9. The molecule has 0 aliphatic heterocycles. The second kappa shape index (κ2) is 7.11. The highest BCUT2D eigenvalue weighted by Gasteiger charge is 2.02. The van der Waals surface area contributed by atoms with Gasteiger partial charge in [0.1, 0.15) is 0 Å². The van der Waals surface area contributed by atoms with Crippen molar-refractivity contribution >= 4 is 39.5 Å². The highest BCUT2D eigenvalue weighted by Crippen LogP contribution is 2.18. The fourth-order valence-corrected chi connectivity index (χ4v) is 2.90. The minimum Gasteiger partial charge on any atom is -0.376 e. The summed E-state index contributed by atoms with van der Waals surface area (Å²) in [5, 5.41) is 10.5. The number of H-pyrrole nitrogens is 1. The number of nitrogens with zero attached hydrogens (tertiary/aromatic N) is 1. The van der Waals surface area contributed by atoms with Crippen LogP contribution in [-0.2, 0) is 4.79 Å². The fourth-order valence-electron chi connectivity index (χ4n) is 2.90. The highest BCUT2D eigenvalue weighted by atomic mass is 16.2. The molecule has 1 amide bonds. The first-order chi connectivity index (χ1) is 12.8. The van der Waals surface area contributed by atoms with E-state index in [2.05, 4.69) is 26.9 Å². The molecule has 5 heteroatoms. The van der Waals surface area contributed by atoms with Crippen LogP contribution in [0.15, 0.2) is 78.0 Å². The molecule has 5 nitrogen and oxygen atoms in total. The van der Waals surface area contributed by atoms with E-state index in [1.165, 1.54) is 5.39 Å². The van der Waals surface area contributed by atoms with Crippen LogP contribution in [0.4, 0.5) is 5.69 Å². The molecule has 0 aliphatic rings. The van der Waals surface area contributed by atoms with Gasteiger partial charge in [0.05, 0.1) is 12.8 Å². The minimum absolute atomic E-state index is 0.156. The highest BCUT2D eigenvalue weighted by molar-refractivity contribution is 5.99. The Labute approximate surface area is 150 Å². The molecule has 4 rings (SSSR count). The number of aromatic nitrogens is 1. The summed E-state index contributed by atoms with van der Waals surface area (Å²) in [7, 11) is 0. The van der Waals surface area contributed by atoms with E-state index in [-0.39, 0.29) is 12.5 Å². The van der Waals surface area contributed by atoms with Crippen LogP contribution in [-0.4, -0.2) is 23.7 Å². The van der Waals surface area contributed by atoms with E-state index in [4.69, 9.17) is 0 Å². The lowest BCUT2D eigenvalue weighted by Crippen LogP contribution is -2.25. The number of aromatic amines is 1. The molecule has 0 aliphatic carbocycles. The molecular formula is C21H18N4O. The number of rotatable bonds is 5. The van der Waals surface area contributed by atoms with Gasteiger partial charge in [-0.1, -0.05) is 48.5 Å². The van der Waals surface area contributed by atoms with Gasteiger partial charge in [-0.3, -0.25) is 4.79 Å². The molecule has 1 heterocycles. The van der Waals surface area contributed by atoms with E-state index < -0.39 is 0 Å². The van der Waals surface area contributed by atoms with Gasteiger partial charge >= 0.3 is 0 Å². The zero-order valence-electron chi connectivity index (χ0n) is 14.1. The Balaban J connectivity index is 1.34. The average molecular weight is 342 g/mol. The topological polar surface area (TPSA) is 69.3 Å². The largest absolute Gasteiger partial charge is 0.376 e. The Morgan fingerprint density at radius 1 is 1.00 bits per heavy atom. The maximum Gasteiger partial charge on any atom is 0.259 e. The van der Waals surface area contributed by atoms with E-state index in [9.17, 15) is 4.79 Å². The van der Waals surface area contributed by atoms with Crippen molar-refractivity contribution in [3.63, 3.8) is 0 Å². The number of fused-ring (bicyclic) bond motifs is 2. The lowest BCUT2D eigenvalue weighted by Gasteiger charge is -2.06. The predicted octanol–water partition coefficient (Wildman–Crippen LogP) is 3.88. The number of amides is 1. The van der Waals surface area contributed by atoms with Gasteiger partial charge in [-0.15, -0.1) is 0 Å². The molecular weight excluding hydrogens is 324 g/mol. The van der Waals surface area contributed by atoms with Crippen LogP contribution in [0, 0.1) is 0 Å². The molecule has 0 spiro atoms. The van der Waals surface area contributed by atoms with Gasteiger partial charge in [-0.2, -0.15) is 5.10 Å². The molecule has 0 atom stereocenters. The van der Waals surface area contributed by atoms with Crippen molar-refractivity contribution in [3.8, 4) is 0 Å². The smallest absolute Gasteiger partial charge is 0.259 e. The molecule has 0 saturated carbocycles. The third-order valence-electron chi connectivity index (χ3n) is 4.22. The van der Waals surface area contributed by atoms with Gasteiger partial charge < -0.3 is 10.3 Å². The zero-order chi connectivity index (χ0) is 17.8. The van der Waals surface area contributed by atoms with Gasteiger partial charge in [0.25, 0.3) is 5.91 Å². The summed E-state index contributed by atoms with van der Waals surface area (Å²) < 4.78 is 0. The minimum atomic E-state index is -0.200. The summed E-state index contributed by atoms with van der Waals surface area (Å²) in [5.74, 6) is -0.200. The van der Waals surface area contributed by atoms with Crippen molar-refractivity contribution in [2.75, 3.05) is 11.9 Å². The molecule has 3 N–H and O–H groups in total. The number of anilines is 1. The van der Waals surface area contributed by atoms with Crippen molar-refractivity contribution in [2.24, 2.45) is 5.10 Å². The standard InChI is InChI=1S/C21H18N4O/c26-21(14-22-18-10-9-15-5-1-2-6-16(15)11-18)25-24-13-17-12-23-20-8-4-3-7-19(17)20/h1-13,22-23H,14H2,(H,25,26). The Morgan fingerprint density at radius 2 is 1.81 bits per heavy atom. The monoisotopic (exact) mass is 342 g/mol. The quantitative estimate of drug-likeness (QED) is 0.380. The van der Waals surface area contributed by atoms with E-state index in [0.29, 0.717) is 0 Å². The molecule has 0 saturated heterocycles. The van der Waals surface area contributed by atoms with Crippen LogP contribution in [0.2, 0.25) is 0 Å². The summed E-state index contributed by atoms with van der Waals surface area (Å²) in [6.07, 6.45) is 3.51. The van der Waals surface area contributed by atoms with Crippen LogP contribution >= 0.6 is 0 Å². The SMILES string of the molecule is O=C(CNc1ccc2ccccc2c1)NN=Cc1c[nH]c2ccccc12. The summed E-state index contributed by atoms with van der Waals surface area (Å²) in [6.45, 7) is 0.156. The number of carbonyl (C=O) groups is 1. The van der Waals surface area contributed by atoms with Crippen molar-refractivity contribution in [1.29, 1.82) is 0 Å². The van der Waals surface area contributed by atoms with Crippen LogP contribution in [0.5, 0.6) is 0 Å². The number of carbonyl (C=O) groups excluding carboxylic acids is 1. The second-order valence-electron chi connectivity index (χ2n) is 6.00. The number of nitrogens with one attached hydrogen (secondary N) is 3. The Kier molecular flexibility index (Phi) is 4.35. The maximum absolute atomic E-state index is 12.0. The number of hydrogen-bond donors (Lipinski definition) is 3. The van der Waals surface area contributed by atoms with Crippen LogP contribution < -0.4 is 10.7 Å². The molecule has 0 fully saturated rings. The summed E-state index contributed by atoms with van der Waals surface area (Å²) >= 11 is 0. The average Bonchev–Trinajstić information content (AvgIpc) is 3.09. The molecule has 26 heavy (non-hydrogen) atoms. The lowest BCUT2D eigenvalue weighted by atomic mass is 10.1. The van der Waals surface area contributed by atoms with Gasteiger partial charge in [-0.05, 0) is 29.0 Å². The van der Waals surface area contributed by atoms with Crippen LogP contribution in [0.25, 0.3) is 21.7 Å². The Hall–Kier alpha value is -3.60. The summed E-state index contributed by atoms with van der Waals surface area (Å²) in [4.78, 5) is 15.1. The van der Waals surface area contributed by atoms with Gasteiger partial charge in [-0.25, -0.2) is 5.43 Å². The van der Waals surface area contributed by atoms with Gasteiger partial charge in [0.15, 0.2) is 0 Å². The van der Waals surface area contributed by atoms with Crippen molar-refractivity contribution in [3.05, 3.63) is 78.5 Å². The number of benzene rings is 3.